The number of hydrogen-bond acceptors (Lipinski definition) is 6. The fourth-order valence-electron chi connectivity index (χ4n) is 5.78. The van der Waals surface area contributed by atoms with Gasteiger partial charge in [0.15, 0.2) is 0 Å². The number of aromatic nitrogens is 1. The molecule has 3 fully saturated rings. The molecule has 30 heavy (non-hydrogen) atoms. The molecule has 0 radical (unpaired) electrons. The van der Waals surface area contributed by atoms with Crippen LogP contribution in [0.4, 0.5) is 5.82 Å². The number of piperazine rings is 1. The molecule has 2 aliphatic heterocycles. The summed E-state index contributed by atoms with van der Waals surface area (Å²) in [7, 11) is 2.19. The van der Waals surface area contributed by atoms with Gasteiger partial charge in [0.2, 0.25) is 0 Å². The Labute approximate surface area is 184 Å². The Bertz CT molecular complexity index is 913. The number of fused-ring (bicyclic) bond motifs is 2. The van der Waals surface area contributed by atoms with Crippen LogP contribution in [-0.2, 0) is 0 Å². The average Bonchev–Trinajstić information content (AvgIpc) is 3.16. The van der Waals surface area contributed by atoms with E-state index in [2.05, 4.69) is 59.2 Å². The lowest BCUT2D eigenvalue weighted by atomic mass is 9.77. The number of thioether (sulfide) groups is 1. The number of hydrogen-bond donors (Lipinski definition) is 1. The zero-order valence-electron chi connectivity index (χ0n) is 18.4. The maximum atomic E-state index is 10.9. The zero-order chi connectivity index (χ0) is 20.8. The van der Waals surface area contributed by atoms with E-state index in [-0.39, 0.29) is 6.10 Å². The highest BCUT2D eigenvalue weighted by Gasteiger charge is 2.44. The minimum Gasteiger partial charge on any atom is -0.391 e. The summed E-state index contributed by atoms with van der Waals surface area (Å²) < 4.78 is 0. The molecule has 162 valence electrons. The van der Waals surface area contributed by atoms with Crippen LogP contribution < -0.4 is 4.90 Å². The molecule has 2 aromatic rings. The number of pyridine rings is 1. The molecule has 0 spiro atoms. The Morgan fingerprint density at radius 3 is 2.50 bits per heavy atom. The fraction of sp³-hybridized carbons (Fsp3) is 0.625. The third-order valence-corrected chi connectivity index (χ3v) is 8.37. The smallest absolute Gasteiger partial charge is 0.129 e. The van der Waals surface area contributed by atoms with Crippen molar-refractivity contribution in [2.24, 2.45) is 11.8 Å². The average molecular weight is 427 g/mol. The predicted octanol–water partition coefficient (Wildman–Crippen LogP) is 3.09. The monoisotopic (exact) mass is 426 g/mol. The number of rotatable bonds is 3. The summed E-state index contributed by atoms with van der Waals surface area (Å²) in [6.45, 7) is 8.70. The first-order valence-corrected chi connectivity index (χ1v) is 12.6. The summed E-state index contributed by atoms with van der Waals surface area (Å²) in [4.78, 5) is 13.7. The van der Waals surface area contributed by atoms with Gasteiger partial charge in [0.1, 0.15) is 5.82 Å². The standard InChI is InChI=1S/C24H34N4OS/c1-16-10-24(25-21-5-4-19(30-3)13-20(16)21)28-14-17-11-22(23(29)12-18(17)15-28)27-8-6-26(2)7-9-27/h4-5,10,13,17-18,22-23,29H,6-9,11-12,14-15H2,1-3H3/t17-,18+,22-,23-/m1/s1. The Kier molecular flexibility index (Phi) is 5.69. The lowest BCUT2D eigenvalue weighted by Crippen LogP contribution is -2.55. The van der Waals surface area contributed by atoms with E-state index < -0.39 is 0 Å². The molecule has 1 N–H and O–H groups in total. The molecule has 4 atom stereocenters. The second kappa shape index (κ2) is 8.30. The predicted molar refractivity (Wildman–Crippen MR) is 126 cm³/mol. The van der Waals surface area contributed by atoms with Crippen molar-refractivity contribution in [2.45, 2.75) is 36.8 Å². The first kappa shape index (κ1) is 20.6. The van der Waals surface area contributed by atoms with Crippen LogP contribution in [0.2, 0.25) is 0 Å². The van der Waals surface area contributed by atoms with E-state index in [4.69, 9.17) is 4.98 Å². The number of aryl methyl sites for hydroxylation is 1. The van der Waals surface area contributed by atoms with Crippen LogP contribution in [0.15, 0.2) is 29.2 Å². The van der Waals surface area contributed by atoms with Crippen molar-refractivity contribution in [2.75, 3.05) is 57.5 Å². The number of nitrogens with zero attached hydrogens (tertiary/aromatic N) is 4. The highest BCUT2D eigenvalue weighted by Crippen LogP contribution is 2.40. The zero-order valence-corrected chi connectivity index (χ0v) is 19.2. The van der Waals surface area contributed by atoms with Crippen LogP contribution in [0.1, 0.15) is 18.4 Å². The van der Waals surface area contributed by atoms with Gasteiger partial charge >= 0.3 is 0 Å². The van der Waals surface area contributed by atoms with Crippen LogP contribution in [0.25, 0.3) is 10.9 Å². The molecule has 1 aliphatic carbocycles. The Balaban J connectivity index is 1.33. The molecule has 6 heteroatoms. The quantitative estimate of drug-likeness (QED) is 0.761. The molecular formula is C24H34N4OS. The Hall–Kier alpha value is -1.34. The summed E-state index contributed by atoms with van der Waals surface area (Å²) in [5.74, 6) is 2.35. The van der Waals surface area contributed by atoms with Crippen LogP contribution >= 0.6 is 11.8 Å². The van der Waals surface area contributed by atoms with Gasteiger partial charge in [-0.05, 0) is 74.7 Å². The van der Waals surface area contributed by atoms with Crippen molar-refractivity contribution in [3.63, 3.8) is 0 Å². The Morgan fingerprint density at radius 1 is 1.03 bits per heavy atom. The molecule has 3 aliphatic rings. The van der Waals surface area contributed by atoms with Gasteiger partial charge in [-0.2, -0.15) is 0 Å². The third kappa shape index (κ3) is 3.83. The molecule has 1 saturated carbocycles. The van der Waals surface area contributed by atoms with Crippen molar-refractivity contribution in [3.05, 3.63) is 29.8 Å². The number of aliphatic hydroxyl groups is 1. The summed E-state index contributed by atoms with van der Waals surface area (Å²) in [5.41, 5.74) is 2.39. The van der Waals surface area contributed by atoms with Gasteiger partial charge < -0.3 is 14.9 Å². The van der Waals surface area contributed by atoms with Gasteiger partial charge in [0.05, 0.1) is 11.6 Å². The van der Waals surface area contributed by atoms with Crippen molar-refractivity contribution in [1.82, 2.24) is 14.8 Å². The minimum atomic E-state index is -0.189. The van der Waals surface area contributed by atoms with Crippen LogP contribution in [0.3, 0.4) is 0 Å². The van der Waals surface area contributed by atoms with Gasteiger partial charge in [-0.25, -0.2) is 4.98 Å². The van der Waals surface area contributed by atoms with Crippen LogP contribution in [0.5, 0.6) is 0 Å². The van der Waals surface area contributed by atoms with E-state index in [9.17, 15) is 5.11 Å². The number of benzene rings is 1. The van der Waals surface area contributed by atoms with Crippen molar-refractivity contribution < 1.29 is 5.11 Å². The van der Waals surface area contributed by atoms with E-state index in [1.165, 1.54) is 15.8 Å². The summed E-state index contributed by atoms with van der Waals surface area (Å²) in [6.07, 6.45) is 3.98. The number of anilines is 1. The molecule has 1 aromatic carbocycles. The SMILES string of the molecule is CSc1ccc2nc(N3C[C@H]4C[C@@H](N5CCN(C)CC5)[C@H](O)C[C@H]4C3)cc(C)c2c1. The molecule has 5 nitrogen and oxygen atoms in total. The molecule has 0 amide bonds. The van der Waals surface area contributed by atoms with Crippen molar-refractivity contribution in [3.8, 4) is 0 Å². The van der Waals surface area contributed by atoms with Crippen molar-refractivity contribution in [1.29, 1.82) is 0 Å². The number of aliphatic hydroxyl groups excluding tert-OH is 1. The highest BCUT2D eigenvalue weighted by molar-refractivity contribution is 7.98. The highest BCUT2D eigenvalue weighted by atomic mass is 32.2. The van der Waals surface area contributed by atoms with Gasteiger partial charge in [0.25, 0.3) is 0 Å². The van der Waals surface area contributed by atoms with E-state index in [1.807, 2.05) is 0 Å². The molecule has 0 unspecified atom stereocenters. The van der Waals surface area contributed by atoms with E-state index >= 15 is 0 Å². The number of likely N-dealkylation sites (N-methyl/N-ethyl adjacent to an activating group) is 1. The van der Waals surface area contributed by atoms with Crippen LogP contribution in [-0.4, -0.2) is 84.6 Å². The van der Waals surface area contributed by atoms with Gasteiger partial charge in [-0.15, -0.1) is 11.8 Å². The summed E-state index contributed by atoms with van der Waals surface area (Å²) in [6, 6.07) is 9.18. The van der Waals surface area contributed by atoms with E-state index in [0.29, 0.717) is 17.9 Å². The second-order valence-corrected chi connectivity index (χ2v) is 10.4. The van der Waals surface area contributed by atoms with Crippen LogP contribution in [0, 0.1) is 18.8 Å². The minimum absolute atomic E-state index is 0.189. The maximum absolute atomic E-state index is 10.9. The maximum Gasteiger partial charge on any atom is 0.129 e. The fourth-order valence-corrected chi connectivity index (χ4v) is 6.22. The topological polar surface area (TPSA) is 42.8 Å². The lowest BCUT2D eigenvalue weighted by Gasteiger charge is -2.44. The van der Waals surface area contributed by atoms with E-state index in [1.54, 1.807) is 11.8 Å². The van der Waals surface area contributed by atoms with Gasteiger partial charge in [0, 0.05) is 55.6 Å². The largest absolute Gasteiger partial charge is 0.391 e. The first-order chi connectivity index (χ1) is 14.5. The second-order valence-electron chi connectivity index (χ2n) is 9.55. The summed E-state index contributed by atoms with van der Waals surface area (Å²) >= 11 is 1.78. The molecule has 3 heterocycles. The molecular weight excluding hydrogens is 392 g/mol. The lowest BCUT2D eigenvalue weighted by molar-refractivity contribution is -0.0249. The Morgan fingerprint density at radius 2 is 1.77 bits per heavy atom. The first-order valence-electron chi connectivity index (χ1n) is 11.3. The van der Waals surface area contributed by atoms with Crippen molar-refractivity contribution >= 4 is 28.5 Å². The van der Waals surface area contributed by atoms with Gasteiger partial charge in [-0.1, -0.05) is 0 Å². The molecule has 1 aromatic heterocycles. The van der Waals surface area contributed by atoms with Gasteiger partial charge in [-0.3, -0.25) is 4.90 Å². The molecule has 2 saturated heterocycles. The third-order valence-electron chi connectivity index (χ3n) is 7.65. The molecule has 5 rings (SSSR count). The summed E-state index contributed by atoms with van der Waals surface area (Å²) in [5, 5.41) is 12.2. The van der Waals surface area contributed by atoms with E-state index in [0.717, 1.165) is 63.4 Å². The molecule has 0 bridgehead atoms. The normalized spacial score (nSPS) is 30.7.